The van der Waals surface area contributed by atoms with Gasteiger partial charge in [-0.3, -0.25) is 13.9 Å². The van der Waals surface area contributed by atoms with Gasteiger partial charge in [0.2, 0.25) is 10.0 Å². The third-order valence-electron chi connectivity index (χ3n) is 3.88. The number of methoxy groups -OCH3 is 1. The van der Waals surface area contributed by atoms with Gasteiger partial charge in [-0.2, -0.15) is 0 Å². The molecule has 9 nitrogen and oxygen atoms in total. The summed E-state index contributed by atoms with van der Waals surface area (Å²) in [4.78, 5) is 23.5. The number of sulfonamides is 1. The number of benzene rings is 1. The van der Waals surface area contributed by atoms with Crippen LogP contribution in [0, 0.1) is 0 Å². The Hall–Kier alpha value is -2.33. The number of hydrogen-bond acceptors (Lipinski definition) is 6. The van der Waals surface area contributed by atoms with Gasteiger partial charge in [0, 0.05) is 31.5 Å². The van der Waals surface area contributed by atoms with Crippen LogP contribution in [0.5, 0.6) is 5.75 Å². The highest BCUT2D eigenvalue weighted by molar-refractivity contribution is 7.92. The van der Waals surface area contributed by atoms with Crippen molar-refractivity contribution in [3.63, 3.8) is 0 Å². The largest absolute Gasteiger partial charge is 0.494 e. The van der Waals surface area contributed by atoms with Gasteiger partial charge in [0.25, 0.3) is 0 Å². The Bertz CT molecular complexity index is 765. The van der Waals surface area contributed by atoms with Crippen molar-refractivity contribution in [2.45, 2.75) is 19.3 Å². The second kappa shape index (κ2) is 8.86. The molecule has 3 N–H and O–H groups in total. The second-order valence-corrected chi connectivity index (χ2v) is 7.78. The van der Waals surface area contributed by atoms with Crippen LogP contribution in [-0.2, 0) is 19.6 Å². The van der Waals surface area contributed by atoms with E-state index >= 15 is 0 Å². The molecule has 0 unspecified atom stereocenters. The number of aliphatic hydroxyl groups excluding tert-OH is 1. The summed E-state index contributed by atoms with van der Waals surface area (Å²) in [5.41, 5.74) is 0.708. The number of aliphatic hydroxyl groups is 1. The SMILES string of the molecule is COc1cc(NC(=O)C(=O)NCCCO)ccc1N1CCCCS1(=O)=O. The first-order valence-electron chi connectivity index (χ1n) is 8.27. The molecule has 144 valence electrons. The predicted molar refractivity (Wildman–Crippen MR) is 96.7 cm³/mol. The molecular formula is C16H23N3O6S. The summed E-state index contributed by atoms with van der Waals surface area (Å²) in [6.07, 6.45) is 1.74. The average Bonchev–Trinajstić information content (AvgIpc) is 2.61. The van der Waals surface area contributed by atoms with E-state index in [0.717, 1.165) is 6.42 Å². The number of anilines is 2. The van der Waals surface area contributed by atoms with Crippen molar-refractivity contribution in [2.75, 3.05) is 42.2 Å². The summed E-state index contributed by atoms with van der Waals surface area (Å²) >= 11 is 0. The topological polar surface area (TPSA) is 125 Å². The summed E-state index contributed by atoms with van der Waals surface area (Å²) in [5.74, 6) is -1.31. The van der Waals surface area contributed by atoms with Gasteiger partial charge in [-0.1, -0.05) is 0 Å². The molecule has 2 amide bonds. The molecule has 1 saturated heterocycles. The molecule has 0 atom stereocenters. The van der Waals surface area contributed by atoms with Crippen molar-refractivity contribution < 1.29 is 27.9 Å². The third-order valence-corrected chi connectivity index (χ3v) is 5.74. The van der Waals surface area contributed by atoms with Crippen LogP contribution in [0.1, 0.15) is 19.3 Å². The van der Waals surface area contributed by atoms with E-state index in [1.54, 1.807) is 6.07 Å². The molecule has 0 bridgehead atoms. The van der Waals surface area contributed by atoms with Crippen LogP contribution in [0.2, 0.25) is 0 Å². The fraction of sp³-hybridized carbons (Fsp3) is 0.500. The molecule has 0 aliphatic carbocycles. The van der Waals surface area contributed by atoms with Crippen LogP contribution in [0.3, 0.4) is 0 Å². The maximum absolute atomic E-state index is 12.3. The zero-order valence-corrected chi connectivity index (χ0v) is 15.3. The molecule has 10 heteroatoms. The van der Waals surface area contributed by atoms with Crippen LogP contribution in [0.4, 0.5) is 11.4 Å². The number of carbonyl (C=O) groups is 2. The Kier molecular flexibility index (Phi) is 6.81. The van der Waals surface area contributed by atoms with Gasteiger partial charge in [-0.15, -0.1) is 0 Å². The minimum absolute atomic E-state index is 0.0834. The van der Waals surface area contributed by atoms with Gasteiger partial charge >= 0.3 is 11.8 Å². The summed E-state index contributed by atoms with van der Waals surface area (Å²) in [5, 5.41) is 13.5. The van der Waals surface area contributed by atoms with E-state index in [1.165, 1.54) is 23.5 Å². The predicted octanol–water partition coefficient (Wildman–Crippen LogP) is 0.0623. The van der Waals surface area contributed by atoms with Gasteiger partial charge < -0.3 is 20.5 Å². The molecular weight excluding hydrogens is 362 g/mol. The average molecular weight is 385 g/mol. The number of hydrogen-bond donors (Lipinski definition) is 3. The van der Waals surface area contributed by atoms with E-state index < -0.39 is 21.8 Å². The number of nitrogens with one attached hydrogen (secondary N) is 2. The lowest BCUT2D eigenvalue weighted by Crippen LogP contribution is -2.38. The van der Waals surface area contributed by atoms with E-state index in [-0.39, 0.29) is 24.7 Å². The standard InChI is InChI=1S/C16H23N3O6S/c1-25-14-11-12(18-16(22)15(21)17-7-4-9-20)5-6-13(14)19-8-2-3-10-26(19,23)24/h5-6,11,20H,2-4,7-10H2,1H3,(H,17,21)(H,18,22). The van der Waals surface area contributed by atoms with Gasteiger partial charge in [-0.05, 0) is 31.4 Å². The lowest BCUT2D eigenvalue weighted by atomic mass is 10.2. The quantitative estimate of drug-likeness (QED) is 0.470. The van der Waals surface area contributed by atoms with Gasteiger partial charge in [0.05, 0.1) is 18.6 Å². The van der Waals surface area contributed by atoms with Crippen LogP contribution >= 0.6 is 0 Å². The van der Waals surface area contributed by atoms with Crippen molar-refractivity contribution in [3.05, 3.63) is 18.2 Å². The highest BCUT2D eigenvalue weighted by atomic mass is 32.2. The first-order valence-corrected chi connectivity index (χ1v) is 9.88. The molecule has 1 fully saturated rings. The summed E-state index contributed by atoms with van der Waals surface area (Å²) in [6, 6.07) is 4.53. The molecule has 26 heavy (non-hydrogen) atoms. The highest BCUT2D eigenvalue weighted by Gasteiger charge is 2.28. The van der Waals surface area contributed by atoms with Gasteiger partial charge in [0.15, 0.2) is 0 Å². The molecule has 0 saturated carbocycles. The molecule has 0 aromatic heterocycles. The van der Waals surface area contributed by atoms with Crippen molar-refractivity contribution in [1.29, 1.82) is 0 Å². The number of amides is 2. The van der Waals surface area contributed by atoms with Crippen LogP contribution in [0.15, 0.2) is 18.2 Å². The summed E-state index contributed by atoms with van der Waals surface area (Å²) in [6.45, 7) is 0.482. The number of rotatable bonds is 6. The van der Waals surface area contributed by atoms with Crippen LogP contribution in [0.25, 0.3) is 0 Å². The number of carbonyl (C=O) groups excluding carboxylic acids is 2. The number of ether oxygens (including phenoxy) is 1. The Labute approximate surface area is 152 Å². The Balaban J connectivity index is 2.13. The third kappa shape index (κ3) is 4.85. The van der Waals surface area contributed by atoms with E-state index in [4.69, 9.17) is 9.84 Å². The van der Waals surface area contributed by atoms with Gasteiger partial charge in [0.1, 0.15) is 5.75 Å². The normalized spacial score (nSPS) is 16.0. The summed E-state index contributed by atoms with van der Waals surface area (Å²) in [7, 11) is -1.98. The van der Waals surface area contributed by atoms with Gasteiger partial charge in [-0.25, -0.2) is 8.42 Å². The van der Waals surface area contributed by atoms with Crippen molar-refractivity contribution in [2.24, 2.45) is 0 Å². The first kappa shape index (κ1) is 20.0. The second-order valence-electron chi connectivity index (χ2n) is 5.77. The molecule has 1 heterocycles. The monoisotopic (exact) mass is 385 g/mol. The Morgan fingerprint density at radius 2 is 2.04 bits per heavy atom. The Morgan fingerprint density at radius 1 is 1.27 bits per heavy atom. The maximum atomic E-state index is 12.3. The molecule has 0 spiro atoms. The number of nitrogens with zero attached hydrogens (tertiary/aromatic N) is 1. The molecule has 0 radical (unpaired) electrons. The molecule has 2 rings (SSSR count). The zero-order chi connectivity index (χ0) is 19.2. The minimum atomic E-state index is -3.39. The van der Waals surface area contributed by atoms with E-state index in [1.807, 2.05) is 0 Å². The minimum Gasteiger partial charge on any atom is -0.494 e. The van der Waals surface area contributed by atoms with E-state index in [9.17, 15) is 18.0 Å². The molecule has 1 aromatic rings. The lowest BCUT2D eigenvalue weighted by molar-refractivity contribution is -0.136. The maximum Gasteiger partial charge on any atom is 0.313 e. The van der Waals surface area contributed by atoms with Crippen molar-refractivity contribution >= 4 is 33.2 Å². The fourth-order valence-corrected chi connectivity index (χ4v) is 4.22. The molecule has 1 aliphatic rings. The van der Waals surface area contributed by atoms with E-state index in [2.05, 4.69) is 10.6 Å². The van der Waals surface area contributed by atoms with Crippen molar-refractivity contribution in [1.82, 2.24) is 5.32 Å². The zero-order valence-electron chi connectivity index (χ0n) is 14.5. The van der Waals surface area contributed by atoms with Crippen LogP contribution in [-0.4, -0.2) is 57.9 Å². The first-order chi connectivity index (χ1) is 12.4. The lowest BCUT2D eigenvalue weighted by Gasteiger charge is -2.29. The van der Waals surface area contributed by atoms with E-state index in [0.29, 0.717) is 30.8 Å². The molecule has 1 aliphatic heterocycles. The molecule has 1 aromatic carbocycles. The summed E-state index contributed by atoms with van der Waals surface area (Å²) < 4.78 is 31.1. The smallest absolute Gasteiger partial charge is 0.313 e. The Morgan fingerprint density at radius 3 is 2.69 bits per heavy atom. The van der Waals surface area contributed by atoms with Crippen molar-refractivity contribution in [3.8, 4) is 5.75 Å². The highest BCUT2D eigenvalue weighted by Crippen LogP contribution is 2.34. The fourth-order valence-electron chi connectivity index (χ4n) is 2.57. The van der Waals surface area contributed by atoms with Crippen LogP contribution < -0.4 is 19.7 Å².